The van der Waals surface area contributed by atoms with Crippen molar-refractivity contribution in [3.05, 3.63) is 89.0 Å². The van der Waals surface area contributed by atoms with Crippen LogP contribution in [-0.4, -0.2) is 4.98 Å². The topological polar surface area (TPSA) is 26.0 Å². The SMILES string of the molecule is Cc1ccc(/C=C\c2ccc(-c3nc4cc(C)ccc4o3)cc2)cc1. The molecule has 3 aromatic carbocycles. The number of hydrogen-bond donors (Lipinski definition) is 0. The van der Waals surface area contributed by atoms with Crippen molar-refractivity contribution in [3.63, 3.8) is 0 Å². The fraction of sp³-hybridized carbons (Fsp3) is 0.0870. The van der Waals surface area contributed by atoms with E-state index in [1.54, 1.807) is 0 Å². The molecule has 0 bridgehead atoms. The van der Waals surface area contributed by atoms with Gasteiger partial charge in [0.1, 0.15) is 5.52 Å². The van der Waals surface area contributed by atoms with Crippen molar-refractivity contribution in [2.75, 3.05) is 0 Å². The lowest BCUT2D eigenvalue weighted by molar-refractivity contribution is 0.620. The Morgan fingerprint density at radius 3 is 2.00 bits per heavy atom. The molecule has 1 aromatic heterocycles. The third kappa shape index (κ3) is 3.38. The Morgan fingerprint density at radius 1 is 0.720 bits per heavy atom. The minimum absolute atomic E-state index is 0.662. The Bertz CT molecular complexity index is 1040. The second-order valence-corrected chi connectivity index (χ2v) is 6.36. The molecule has 0 amide bonds. The van der Waals surface area contributed by atoms with E-state index in [0.29, 0.717) is 5.89 Å². The van der Waals surface area contributed by atoms with Gasteiger partial charge in [-0.05, 0) is 54.8 Å². The Kier molecular flexibility index (Phi) is 3.95. The minimum atomic E-state index is 0.662. The summed E-state index contributed by atoms with van der Waals surface area (Å²) in [5.41, 5.74) is 7.52. The van der Waals surface area contributed by atoms with Gasteiger partial charge in [-0.1, -0.05) is 60.2 Å². The van der Waals surface area contributed by atoms with Crippen LogP contribution in [0.1, 0.15) is 22.3 Å². The summed E-state index contributed by atoms with van der Waals surface area (Å²) in [6.07, 6.45) is 4.24. The lowest BCUT2D eigenvalue weighted by Crippen LogP contribution is -1.79. The molecule has 0 saturated heterocycles. The van der Waals surface area contributed by atoms with Crippen LogP contribution in [0.2, 0.25) is 0 Å². The van der Waals surface area contributed by atoms with Gasteiger partial charge in [-0.3, -0.25) is 0 Å². The van der Waals surface area contributed by atoms with Gasteiger partial charge in [-0.25, -0.2) is 4.98 Å². The quantitative estimate of drug-likeness (QED) is 0.414. The van der Waals surface area contributed by atoms with E-state index >= 15 is 0 Å². The number of hydrogen-bond acceptors (Lipinski definition) is 2. The molecule has 0 N–H and O–H groups in total. The summed E-state index contributed by atoms with van der Waals surface area (Å²) < 4.78 is 5.86. The van der Waals surface area contributed by atoms with Gasteiger partial charge in [-0.15, -0.1) is 0 Å². The zero-order valence-corrected chi connectivity index (χ0v) is 14.4. The maximum Gasteiger partial charge on any atom is 0.227 e. The molecule has 0 aliphatic rings. The standard InChI is InChI=1S/C23H19NO/c1-16-3-6-18(7-4-16)8-9-19-10-12-20(13-11-19)23-24-21-15-17(2)5-14-22(21)25-23/h3-15H,1-2H3/b9-8-. The number of fused-ring (bicyclic) bond motifs is 1. The summed E-state index contributed by atoms with van der Waals surface area (Å²) in [6.45, 7) is 4.16. The smallest absolute Gasteiger partial charge is 0.227 e. The molecular weight excluding hydrogens is 306 g/mol. The van der Waals surface area contributed by atoms with Crippen molar-refractivity contribution in [2.24, 2.45) is 0 Å². The summed E-state index contributed by atoms with van der Waals surface area (Å²) in [6, 6.07) is 22.8. The first kappa shape index (κ1) is 15.4. The lowest BCUT2D eigenvalue weighted by Gasteiger charge is -1.98. The highest BCUT2D eigenvalue weighted by molar-refractivity contribution is 5.77. The number of aryl methyl sites for hydroxylation is 2. The van der Waals surface area contributed by atoms with Crippen LogP contribution in [0.25, 0.3) is 34.7 Å². The van der Waals surface area contributed by atoms with E-state index in [2.05, 4.69) is 67.4 Å². The van der Waals surface area contributed by atoms with Gasteiger partial charge >= 0.3 is 0 Å². The second kappa shape index (κ2) is 6.40. The van der Waals surface area contributed by atoms with Gasteiger partial charge in [0.15, 0.2) is 5.58 Å². The molecule has 0 radical (unpaired) electrons. The van der Waals surface area contributed by atoms with Crippen LogP contribution in [0.5, 0.6) is 0 Å². The molecule has 4 aromatic rings. The fourth-order valence-electron chi connectivity index (χ4n) is 2.77. The van der Waals surface area contributed by atoms with Crippen LogP contribution in [0.3, 0.4) is 0 Å². The molecular formula is C23H19NO. The monoisotopic (exact) mass is 325 g/mol. The molecule has 122 valence electrons. The highest BCUT2D eigenvalue weighted by Crippen LogP contribution is 2.25. The van der Waals surface area contributed by atoms with E-state index in [0.717, 1.165) is 22.2 Å². The van der Waals surface area contributed by atoms with Crippen LogP contribution in [-0.2, 0) is 0 Å². The number of aromatic nitrogens is 1. The number of nitrogens with zero attached hydrogens (tertiary/aromatic N) is 1. The van der Waals surface area contributed by atoms with Crippen molar-refractivity contribution in [2.45, 2.75) is 13.8 Å². The third-order valence-electron chi connectivity index (χ3n) is 4.25. The van der Waals surface area contributed by atoms with Gasteiger partial charge in [0.05, 0.1) is 0 Å². The molecule has 25 heavy (non-hydrogen) atoms. The molecule has 0 aliphatic heterocycles. The first-order chi connectivity index (χ1) is 12.2. The van der Waals surface area contributed by atoms with Crippen LogP contribution < -0.4 is 0 Å². The van der Waals surface area contributed by atoms with E-state index in [4.69, 9.17) is 4.42 Å². The zero-order valence-electron chi connectivity index (χ0n) is 14.4. The highest BCUT2D eigenvalue weighted by Gasteiger charge is 2.07. The molecule has 2 nitrogen and oxygen atoms in total. The van der Waals surface area contributed by atoms with Crippen LogP contribution in [0.4, 0.5) is 0 Å². The Balaban J connectivity index is 1.57. The van der Waals surface area contributed by atoms with Crippen molar-refractivity contribution >= 4 is 23.3 Å². The van der Waals surface area contributed by atoms with Gasteiger partial charge in [0, 0.05) is 5.56 Å². The predicted molar refractivity (Wildman–Crippen MR) is 104 cm³/mol. The highest BCUT2D eigenvalue weighted by atomic mass is 16.3. The Hall–Kier alpha value is -3.13. The third-order valence-corrected chi connectivity index (χ3v) is 4.25. The number of oxazole rings is 1. The first-order valence-electron chi connectivity index (χ1n) is 8.40. The number of benzene rings is 3. The van der Waals surface area contributed by atoms with Crippen LogP contribution >= 0.6 is 0 Å². The molecule has 0 unspecified atom stereocenters. The Morgan fingerprint density at radius 2 is 1.32 bits per heavy atom. The summed E-state index contributed by atoms with van der Waals surface area (Å²) >= 11 is 0. The van der Waals surface area contributed by atoms with Crippen molar-refractivity contribution < 1.29 is 4.42 Å². The summed E-state index contributed by atoms with van der Waals surface area (Å²) in [4.78, 5) is 4.59. The van der Waals surface area contributed by atoms with Gasteiger partial charge in [-0.2, -0.15) is 0 Å². The lowest BCUT2D eigenvalue weighted by atomic mass is 10.1. The van der Waals surface area contributed by atoms with Gasteiger partial charge in [0.25, 0.3) is 0 Å². The predicted octanol–water partition coefficient (Wildman–Crippen LogP) is 6.28. The molecule has 0 atom stereocenters. The molecule has 0 spiro atoms. The second-order valence-electron chi connectivity index (χ2n) is 6.36. The average Bonchev–Trinajstić information content (AvgIpc) is 3.05. The van der Waals surface area contributed by atoms with E-state index in [9.17, 15) is 0 Å². The van der Waals surface area contributed by atoms with E-state index in [-0.39, 0.29) is 0 Å². The maximum atomic E-state index is 5.86. The van der Waals surface area contributed by atoms with E-state index in [1.165, 1.54) is 16.7 Å². The zero-order chi connectivity index (χ0) is 17.2. The molecule has 1 heterocycles. The summed E-state index contributed by atoms with van der Waals surface area (Å²) in [5.74, 6) is 0.662. The molecule has 4 rings (SSSR count). The van der Waals surface area contributed by atoms with Crippen LogP contribution in [0.15, 0.2) is 71.1 Å². The maximum absolute atomic E-state index is 5.86. The van der Waals surface area contributed by atoms with Gasteiger partial charge in [0.2, 0.25) is 5.89 Å². The summed E-state index contributed by atoms with van der Waals surface area (Å²) in [7, 11) is 0. The molecule has 0 aliphatic carbocycles. The number of rotatable bonds is 3. The van der Waals surface area contributed by atoms with Crippen molar-refractivity contribution in [1.82, 2.24) is 4.98 Å². The average molecular weight is 325 g/mol. The van der Waals surface area contributed by atoms with E-state index in [1.807, 2.05) is 30.3 Å². The fourth-order valence-corrected chi connectivity index (χ4v) is 2.77. The molecule has 0 saturated carbocycles. The normalized spacial score (nSPS) is 11.4. The van der Waals surface area contributed by atoms with Crippen molar-refractivity contribution in [3.8, 4) is 11.5 Å². The molecule has 2 heteroatoms. The largest absolute Gasteiger partial charge is 0.436 e. The van der Waals surface area contributed by atoms with Crippen molar-refractivity contribution in [1.29, 1.82) is 0 Å². The molecule has 0 fully saturated rings. The van der Waals surface area contributed by atoms with Gasteiger partial charge < -0.3 is 4.42 Å². The minimum Gasteiger partial charge on any atom is -0.436 e. The van der Waals surface area contributed by atoms with Crippen LogP contribution in [0, 0.1) is 13.8 Å². The first-order valence-corrected chi connectivity index (χ1v) is 8.40. The Labute approximate surface area is 147 Å². The van der Waals surface area contributed by atoms with E-state index < -0.39 is 0 Å². The summed E-state index contributed by atoms with van der Waals surface area (Å²) in [5, 5.41) is 0.